The maximum Gasteiger partial charge on any atom is 0.279 e. The zero-order valence-corrected chi connectivity index (χ0v) is 14.0. The van der Waals surface area contributed by atoms with Crippen LogP contribution in [0.25, 0.3) is 10.8 Å². The lowest BCUT2D eigenvalue weighted by molar-refractivity contribution is -0.128. The Kier molecular flexibility index (Phi) is 5.12. The molecule has 3 aromatic carbocycles. The van der Waals surface area contributed by atoms with Crippen molar-refractivity contribution in [2.75, 3.05) is 0 Å². The molecule has 0 spiro atoms. The molecule has 0 aliphatic rings. The third-order valence-electron chi connectivity index (χ3n) is 3.81. The van der Waals surface area contributed by atoms with Crippen molar-refractivity contribution in [1.29, 1.82) is 0 Å². The van der Waals surface area contributed by atoms with Crippen LogP contribution in [0.2, 0.25) is 0 Å². The first-order chi connectivity index (χ1) is 12.5. The number of hydrogen-bond acceptors (Lipinski definition) is 3. The second-order valence-electron chi connectivity index (χ2n) is 5.72. The first-order valence-corrected chi connectivity index (χ1v) is 8.04. The molecule has 26 heavy (non-hydrogen) atoms. The summed E-state index contributed by atoms with van der Waals surface area (Å²) in [7, 11) is 0. The predicted molar refractivity (Wildman–Crippen MR) is 96.0 cm³/mol. The van der Waals surface area contributed by atoms with E-state index in [0.29, 0.717) is 11.3 Å². The van der Waals surface area contributed by atoms with E-state index in [0.717, 1.165) is 10.8 Å². The molecule has 2 N–H and O–H groups in total. The summed E-state index contributed by atoms with van der Waals surface area (Å²) in [5.74, 6) is -0.992. The molecule has 0 aliphatic carbocycles. The quantitative estimate of drug-likeness (QED) is 0.709. The lowest BCUT2D eigenvalue weighted by Crippen LogP contribution is -2.47. The summed E-state index contributed by atoms with van der Waals surface area (Å²) in [5, 5.41) is 1.95. The van der Waals surface area contributed by atoms with Crippen LogP contribution in [0.5, 0.6) is 5.75 Å². The molecule has 0 heterocycles. The van der Waals surface area contributed by atoms with Crippen LogP contribution in [0.4, 0.5) is 4.39 Å². The van der Waals surface area contributed by atoms with E-state index in [2.05, 4.69) is 10.9 Å². The molecule has 1 atom stereocenters. The maximum absolute atomic E-state index is 12.9. The lowest BCUT2D eigenvalue weighted by atomic mass is 10.1. The van der Waals surface area contributed by atoms with Crippen LogP contribution in [0.1, 0.15) is 17.3 Å². The fourth-order valence-corrected chi connectivity index (χ4v) is 2.39. The number of ether oxygens (including phenoxy) is 1. The van der Waals surface area contributed by atoms with Crippen molar-refractivity contribution in [2.45, 2.75) is 13.0 Å². The molecule has 132 valence electrons. The van der Waals surface area contributed by atoms with Crippen molar-refractivity contribution in [3.63, 3.8) is 0 Å². The summed E-state index contributed by atoms with van der Waals surface area (Å²) in [6, 6.07) is 18.3. The number of carbonyl (C=O) groups excluding carboxylic acids is 2. The Morgan fingerprint density at radius 2 is 1.62 bits per heavy atom. The molecule has 5 nitrogen and oxygen atoms in total. The van der Waals surface area contributed by atoms with E-state index in [9.17, 15) is 14.0 Å². The largest absolute Gasteiger partial charge is 0.481 e. The molecule has 0 aliphatic heterocycles. The molecule has 0 aromatic heterocycles. The van der Waals surface area contributed by atoms with Crippen LogP contribution in [0, 0.1) is 5.82 Å². The van der Waals surface area contributed by atoms with E-state index in [1.165, 1.54) is 31.2 Å². The van der Waals surface area contributed by atoms with E-state index in [1.54, 1.807) is 12.1 Å². The van der Waals surface area contributed by atoms with Gasteiger partial charge in [0.05, 0.1) is 0 Å². The van der Waals surface area contributed by atoms with Gasteiger partial charge in [0.15, 0.2) is 6.10 Å². The van der Waals surface area contributed by atoms with E-state index >= 15 is 0 Å². The highest BCUT2D eigenvalue weighted by atomic mass is 19.1. The Hall–Kier alpha value is -3.41. The Bertz CT molecular complexity index is 941. The summed E-state index contributed by atoms with van der Waals surface area (Å²) in [4.78, 5) is 24.2. The number of hydrazine groups is 1. The summed E-state index contributed by atoms with van der Waals surface area (Å²) >= 11 is 0. The number of amides is 2. The van der Waals surface area contributed by atoms with Gasteiger partial charge in [0.1, 0.15) is 11.6 Å². The Morgan fingerprint density at radius 1 is 0.923 bits per heavy atom. The van der Waals surface area contributed by atoms with Gasteiger partial charge in [0.2, 0.25) is 0 Å². The molecule has 6 heteroatoms. The van der Waals surface area contributed by atoms with E-state index in [1.807, 2.05) is 30.3 Å². The van der Waals surface area contributed by atoms with Crippen LogP contribution < -0.4 is 15.6 Å². The van der Waals surface area contributed by atoms with Crippen molar-refractivity contribution < 1.29 is 18.7 Å². The molecule has 2 amide bonds. The van der Waals surface area contributed by atoms with Crippen molar-refractivity contribution in [3.05, 3.63) is 78.1 Å². The number of rotatable bonds is 4. The number of halogens is 1. The highest BCUT2D eigenvalue weighted by Gasteiger charge is 2.16. The number of hydrogen-bond donors (Lipinski definition) is 2. The van der Waals surface area contributed by atoms with Gasteiger partial charge in [0, 0.05) is 5.56 Å². The van der Waals surface area contributed by atoms with E-state index in [-0.39, 0.29) is 0 Å². The zero-order chi connectivity index (χ0) is 18.5. The van der Waals surface area contributed by atoms with Gasteiger partial charge in [-0.15, -0.1) is 0 Å². The predicted octanol–water partition coefficient (Wildman–Crippen LogP) is 3.21. The average molecular weight is 352 g/mol. The molecule has 0 unspecified atom stereocenters. The third-order valence-corrected chi connectivity index (χ3v) is 3.81. The minimum absolute atomic E-state index is 0.356. The van der Waals surface area contributed by atoms with E-state index in [4.69, 9.17) is 4.74 Å². The minimum Gasteiger partial charge on any atom is -0.481 e. The second kappa shape index (κ2) is 7.65. The molecular weight excluding hydrogens is 335 g/mol. The van der Waals surface area contributed by atoms with Crippen LogP contribution >= 0.6 is 0 Å². The first-order valence-electron chi connectivity index (χ1n) is 8.04. The molecule has 3 aromatic rings. The maximum atomic E-state index is 12.9. The minimum atomic E-state index is -0.864. The highest BCUT2D eigenvalue weighted by Crippen LogP contribution is 2.15. The van der Waals surface area contributed by atoms with Gasteiger partial charge in [0.25, 0.3) is 11.8 Å². The second-order valence-corrected chi connectivity index (χ2v) is 5.72. The Morgan fingerprint density at radius 3 is 2.35 bits per heavy atom. The summed E-state index contributed by atoms with van der Waals surface area (Å²) in [5.41, 5.74) is 5.11. The molecule has 0 radical (unpaired) electrons. The molecule has 3 rings (SSSR count). The standard InChI is InChI=1S/C20H17FN2O3/c1-13(26-18-10-8-17(21)9-11-18)19(24)22-23-20(25)16-7-6-14-4-2-3-5-15(14)12-16/h2-13H,1H3,(H,22,24)(H,23,25)/t13-/m1/s1. The summed E-state index contributed by atoms with van der Waals surface area (Å²) in [6.45, 7) is 1.53. The normalized spacial score (nSPS) is 11.6. The van der Waals surface area contributed by atoms with Crippen molar-refractivity contribution in [3.8, 4) is 5.75 Å². The van der Waals surface area contributed by atoms with Crippen molar-refractivity contribution >= 4 is 22.6 Å². The number of nitrogens with one attached hydrogen (secondary N) is 2. The van der Waals surface area contributed by atoms with Gasteiger partial charge in [-0.25, -0.2) is 4.39 Å². The highest BCUT2D eigenvalue weighted by molar-refractivity contribution is 5.99. The number of carbonyl (C=O) groups is 2. The first kappa shape index (κ1) is 17.4. The van der Waals surface area contributed by atoms with Gasteiger partial charge >= 0.3 is 0 Å². The fourth-order valence-electron chi connectivity index (χ4n) is 2.39. The van der Waals surface area contributed by atoms with Crippen molar-refractivity contribution in [2.24, 2.45) is 0 Å². The van der Waals surface area contributed by atoms with Gasteiger partial charge in [-0.2, -0.15) is 0 Å². The molecule has 0 fully saturated rings. The summed E-state index contributed by atoms with van der Waals surface area (Å²) < 4.78 is 18.3. The third kappa shape index (κ3) is 4.16. The van der Waals surface area contributed by atoms with E-state index < -0.39 is 23.7 Å². The van der Waals surface area contributed by atoms with Crippen LogP contribution in [0.15, 0.2) is 66.7 Å². The van der Waals surface area contributed by atoms with Crippen LogP contribution in [-0.2, 0) is 4.79 Å². The van der Waals surface area contributed by atoms with Crippen LogP contribution in [0.3, 0.4) is 0 Å². The van der Waals surface area contributed by atoms with Crippen molar-refractivity contribution in [1.82, 2.24) is 10.9 Å². The smallest absolute Gasteiger partial charge is 0.279 e. The summed E-state index contributed by atoms with van der Waals surface area (Å²) in [6.07, 6.45) is -0.864. The SMILES string of the molecule is C[C@@H](Oc1ccc(F)cc1)C(=O)NNC(=O)c1ccc2ccccc2c1. The molecule has 0 saturated heterocycles. The molecular formula is C20H17FN2O3. The van der Waals surface area contributed by atoms with Gasteiger partial charge in [-0.1, -0.05) is 30.3 Å². The van der Waals surface area contributed by atoms with Gasteiger partial charge in [-0.05, 0) is 54.1 Å². The zero-order valence-electron chi connectivity index (χ0n) is 14.0. The van der Waals surface area contributed by atoms with Gasteiger partial charge in [-0.3, -0.25) is 20.4 Å². The lowest BCUT2D eigenvalue weighted by Gasteiger charge is -2.15. The monoisotopic (exact) mass is 352 g/mol. The molecule has 0 saturated carbocycles. The van der Waals surface area contributed by atoms with Gasteiger partial charge < -0.3 is 4.74 Å². The van der Waals surface area contributed by atoms with Crippen LogP contribution in [-0.4, -0.2) is 17.9 Å². The molecule has 0 bridgehead atoms. The Balaban J connectivity index is 1.57. The fraction of sp³-hybridized carbons (Fsp3) is 0.100. The average Bonchev–Trinajstić information content (AvgIpc) is 2.67. The Labute approximate surface area is 149 Å². The number of fused-ring (bicyclic) bond motifs is 1. The number of benzene rings is 3. The topological polar surface area (TPSA) is 67.4 Å².